The number of hydrogen-bond acceptors (Lipinski definition) is 2. The summed E-state index contributed by atoms with van der Waals surface area (Å²) >= 11 is 0. The third kappa shape index (κ3) is 5.12. The van der Waals surface area contributed by atoms with Crippen LogP contribution in [0.3, 0.4) is 0 Å². The summed E-state index contributed by atoms with van der Waals surface area (Å²) in [5.41, 5.74) is 3.01. The first-order valence-electron chi connectivity index (χ1n) is 10.9. The van der Waals surface area contributed by atoms with Crippen LogP contribution in [0.1, 0.15) is 31.4 Å². The molecular formula is C25H38N2O2+2. The molecule has 2 aromatic rings. The summed E-state index contributed by atoms with van der Waals surface area (Å²) in [6.07, 6.45) is 3.42. The van der Waals surface area contributed by atoms with E-state index in [0.717, 1.165) is 30.9 Å². The summed E-state index contributed by atoms with van der Waals surface area (Å²) in [7, 11) is 5.73. The van der Waals surface area contributed by atoms with Gasteiger partial charge in [0.05, 0.1) is 52.7 Å². The van der Waals surface area contributed by atoms with Crippen LogP contribution in [0.15, 0.2) is 48.5 Å². The first kappa shape index (κ1) is 21.7. The minimum Gasteiger partial charge on any atom is -0.493 e. The second-order valence-electron chi connectivity index (χ2n) is 8.88. The molecule has 4 atom stereocenters. The van der Waals surface area contributed by atoms with Crippen molar-refractivity contribution in [2.45, 2.75) is 44.7 Å². The fraction of sp³-hybridized carbons (Fsp3) is 0.520. The highest BCUT2D eigenvalue weighted by Crippen LogP contribution is 2.28. The number of rotatable bonds is 8. The van der Waals surface area contributed by atoms with Crippen LogP contribution < -0.4 is 19.7 Å². The van der Waals surface area contributed by atoms with Crippen LogP contribution >= 0.6 is 0 Å². The number of nitrogens with one attached hydrogen (secondary N) is 1. The molecule has 0 bridgehead atoms. The molecule has 3 rings (SSSR count). The van der Waals surface area contributed by atoms with E-state index in [1.807, 2.05) is 6.07 Å². The Labute approximate surface area is 176 Å². The highest BCUT2D eigenvalue weighted by atomic mass is 16.5. The molecule has 3 N–H and O–H groups in total. The van der Waals surface area contributed by atoms with Crippen LogP contribution in [0.25, 0.3) is 0 Å². The maximum Gasteiger partial charge on any atom is 0.160 e. The number of likely N-dealkylation sites (tertiary alicyclic amines) is 1. The van der Waals surface area contributed by atoms with Gasteiger partial charge < -0.3 is 19.7 Å². The van der Waals surface area contributed by atoms with Gasteiger partial charge in [0.1, 0.15) is 5.54 Å². The van der Waals surface area contributed by atoms with Crippen LogP contribution in [0, 0.1) is 5.92 Å². The van der Waals surface area contributed by atoms with Gasteiger partial charge in [-0.25, -0.2) is 0 Å². The summed E-state index contributed by atoms with van der Waals surface area (Å²) in [4.78, 5) is 1.66. The van der Waals surface area contributed by atoms with Gasteiger partial charge in [0.25, 0.3) is 0 Å². The van der Waals surface area contributed by atoms with Gasteiger partial charge in [0, 0.05) is 12.8 Å². The van der Waals surface area contributed by atoms with E-state index in [1.54, 1.807) is 19.1 Å². The predicted molar refractivity (Wildman–Crippen MR) is 118 cm³/mol. The molecular weight excluding hydrogens is 360 g/mol. The van der Waals surface area contributed by atoms with Crippen molar-refractivity contribution in [3.63, 3.8) is 0 Å². The molecule has 1 fully saturated rings. The monoisotopic (exact) mass is 398 g/mol. The van der Waals surface area contributed by atoms with Crippen molar-refractivity contribution in [3.8, 4) is 11.5 Å². The molecule has 4 nitrogen and oxygen atoms in total. The lowest BCUT2D eigenvalue weighted by molar-refractivity contribution is -0.928. The predicted octanol–water partition coefficient (Wildman–Crippen LogP) is 1.73. The van der Waals surface area contributed by atoms with E-state index in [-0.39, 0.29) is 5.54 Å². The largest absolute Gasteiger partial charge is 0.493 e. The summed E-state index contributed by atoms with van der Waals surface area (Å²) < 4.78 is 10.9. The summed E-state index contributed by atoms with van der Waals surface area (Å²) in [5, 5.41) is 2.64. The van der Waals surface area contributed by atoms with Crippen molar-refractivity contribution in [1.82, 2.24) is 0 Å². The van der Waals surface area contributed by atoms with E-state index in [0.29, 0.717) is 12.0 Å². The Hall–Kier alpha value is -2.04. The van der Waals surface area contributed by atoms with Crippen molar-refractivity contribution in [2.24, 2.45) is 5.92 Å². The SMILES string of the molecule is COc1ccc(CC[NH2+][C@@]2(Cc3ccccc3)C[C@H](C)[NH+](C)C[C@H]2C)cc1OC. The Morgan fingerprint density at radius 1 is 1.00 bits per heavy atom. The average Bonchev–Trinajstić information content (AvgIpc) is 2.73. The fourth-order valence-corrected chi connectivity index (χ4v) is 4.97. The standard InChI is InChI=1S/C25H36N2O2/c1-19-18-27(3)20(2)16-25(19,17-22-9-7-6-8-10-22)26-14-13-21-11-12-23(28-4)24(15-21)29-5/h6-12,15,19-20,26H,13-14,16-18H2,1-5H3/p+2/t19-,20+,25-/m1/s1. The van der Waals surface area contributed by atoms with E-state index in [2.05, 4.69) is 68.7 Å². The molecule has 0 radical (unpaired) electrons. The zero-order valence-electron chi connectivity index (χ0n) is 18.7. The second kappa shape index (κ2) is 9.64. The van der Waals surface area contributed by atoms with Gasteiger partial charge in [-0.3, -0.25) is 0 Å². The third-order valence-electron chi connectivity index (χ3n) is 6.94. The van der Waals surface area contributed by atoms with Gasteiger partial charge in [-0.2, -0.15) is 0 Å². The smallest absolute Gasteiger partial charge is 0.160 e. The quantitative estimate of drug-likeness (QED) is 0.711. The van der Waals surface area contributed by atoms with Crippen molar-refractivity contribution >= 4 is 0 Å². The number of piperidine rings is 1. The highest BCUT2D eigenvalue weighted by molar-refractivity contribution is 5.42. The molecule has 1 aliphatic rings. The molecule has 2 aromatic carbocycles. The van der Waals surface area contributed by atoms with Gasteiger partial charge >= 0.3 is 0 Å². The summed E-state index contributed by atoms with van der Waals surface area (Å²) in [6, 6.07) is 18.0. The van der Waals surface area contributed by atoms with Crippen LogP contribution in [-0.4, -0.2) is 45.9 Å². The van der Waals surface area contributed by atoms with Crippen molar-refractivity contribution in [1.29, 1.82) is 0 Å². The van der Waals surface area contributed by atoms with Crippen LogP contribution in [0.2, 0.25) is 0 Å². The number of nitrogens with two attached hydrogens (primary N) is 1. The summed E-state index contributed by atoms with van der Waals surface area (Å²) in [6.45, 7) is 7.17. The van der Waals surface area contributed by atoms with Crippen LogP contribution in [-0.2, 0) is 12.8 Å². The minimum absolute atomic E-state index is 0.261. The molecule has 0 aliphatic carbocycles. The minimum atomic E-state index is 0.261. The van der Waals surface area contributed by atoms with Gasteiger partial charge in [-0.15, -0.1) is 0 Å². The molecule has 158 valence electrons. The highest BCUT2D eigenvalue weighted by Gasteiger charge is 2.48. The zero-order valence-corrected chi connectivity index (χ0v) is 18.7. The lowest BCUT2D eigenvalue weighted by Gasteiger charge is -2.45. The van der Waals surface area contributed by atoms with E-state index >= 15 is 0 Å². The molecule has 0 spiro atoms. The fourth-order valence-electron chi connectivity index (χ4n) is 4.97. The number of ether oxygens (including phenoxy) is 2. The molecule has 1 aliphatic heterocycles. The Bertz CT molecular complexity index is 780. The molecule has 0 amide bonds. The number of methoxy groups -OCH3 is 2. The third-order valence-corrected chi connectivity index (χ3v) is 6.94. The first-order valence-corrected chi connectivity index (χ1v) is 10.9. The molecule has 1 saturated heterocycles. The lowest BCUT2D eigenvalue weighted by atomic mass is 9.72. The van der Waals surface area contributed by atoms with Gasteiger partial charge in [0.2, 0.25) is 0 Å². The van der Waals surface area contributed by atoms with E-state index < -0.39 is 0 Å². The average molecular weight is 399 g/mol. The molecule has 0 saturated carbocycles. The van der Waals surface area contributed by atoms with Crippen molar-refractivity contribution in [3.05, 3.63) is 59.7 Å². The van der Waals surface area contributed by atoms with Crippen LogP contribution in [0.5, 0.6) is 11.5 Å². The molecule has 29 heavy (non-hydrogen) atoms. The van der Waals surface area contributed by atoms with Crippen LogP contribution in [0.4, 0.5) is 0 Å². The zero-order chi connectivity index (χ0) is 20.9. The molecule has 1 heterocycles. The number of hydrogen-bond donors (Lipinski definition) is 2. The first-order chi connectivity index (χ1) is 14.0. The maximum atomic E-state index is 5.48. The van der Waals surface area contributed by atoms with E-state index in [9.17, 15) is 0 Å². The van der Waals surface area contributed by atoms with Gasteiger partial charge in [0.15, 0.2) is 11.5 Å². The second-order valence-corrected chi connectivity index (χ2v) is 8.88. The normalized spacial score (nSPS) is 26.9. The molecule has 4 heteroatoms. The van der Waals surface area contributed by atoms with Crippen molar-refractivity contribution < 1.29 is 19.7 Å². The number of quaternary nitrogens is 2. The van der Waals surface area contributed by atoms with E-state index in [4.69, 9.17) is 9.47 Å². The Balaban J connectivity index is 1.74. The van der Waals surface area contributed by atoms with Gasteiger partial charge in [-0.1, -0.05) is 43.3 Å². The van der Waals surface area contributed by atoms with E-state index in [1.165, 1.54) is 24.1 Å². The maximum absolute atomic E-state index is 5.48. The summed E-state index contributed by atoms with van der Waals surface area (Å²) in [5.74, 6) is 2.28. The van der Waals surface area contributed by atoms with Crippen molar-refractivity contribution in [2.75, 3.05) is 34.4 Å². The Morgan fingerprint density at radius 3 is 2.41 bits per heavy atom. The topological polar surface area (TPSA) is 39.5 Å². The van der Waals surface area contributed by atoms with Gasteiger partial charge in [-0.05, 0) is 30.2 Å². The number of benzene rings is 2. The Kier molecular flexibility index (Phi) is 7.20. The molecule has 0 aromatic heterocycles. The Morgan fingerprint density at radius 2 is 1.72 bits per heavy atom. The lowest BCUT2D eigenvalue weighted by Crippen LogP contribution is -3.18. The molecule has 1 unspecified atom stereocenters.